The summed E-state index contributed by atoms with van der Waals surface area (Å²) in [7, 11) is 0. The van der Waals surface area contributed by atoms with Gasteiger partial charge >= 0.3 is 0 Å². The van der Waals surface area contributed by atoms with Gasteiger partial charge in [-0.25, -0.2) is 13.8 Å². The largest absolute Gasteiger partial charge is 0.354 e. The second-order valence-corrected chi connectivity index (χ2v) is 4.45. The molecule has 7 heteroatoms. The van der Waals surface area contributed by atoms with Crippen molar-refractivity contribution in [2.75, 3.05) is 17.2 Å². The van der Waals surface area contributed by atoms with Crippen LogP contribution in [0.2, 0.25) is 5.02 Å². The number of aromatic nitrogens is 2. The van der Waals surface area contributed by atoms with Crippen molar-refractivity contribution in [1.29, 1.82) is 0 Å². The highest BCUT2D eigenvalue weighted by Crippen LogP contribution is 2.28. The zero-order chi connectivity index (χ0) is 14.5. The Balaban J connectivity index is 2.28. The van der Waals surface area contributed by atoms with Crippen LogP contribution in [0.4, 0.5) is 26.2 Å². The van der Waals surface area contributed by atoms with Crippen molar-refractivity contribution in [3.8, 4) is 0 Å². The van der Waals surface area contributed by atoms with Gasteiger partial charge in [-0.3, -0.25) is 0 Å². The Bertz CT molecular complexity index is 587. The van der Waals surface area contributed by atoms with E-state index in [-0.39, 0.29) is 22.5 Å². The van der Waals surface area contributed by atoms with E-state index < -0.39 is 11.6 Å². The van der Waals surface area contributed by atoms with Gasteiger partial charge in [-0.2, -0.15) is 4.98 Å². The standard InChI is InChI=1S/C13H13ClF2N4/c1-2-6-17-13-18-7-10(16)12(20-13)19-11-8(14)4-3-5-9(11)15/h3-5,7H,2,6H2,1H3,(H2,17,18,19,20). The number of halogens is 3. The Hall–Kier alpha value is -1.95. The zero-order valence-corrected chi connectivity index (χ0v) is 11.5. The smallest absolute Gasteiger partial charge is 0.224 e. The van der Waals surface area contributed by atoms with Gasteiger partial charge in [0.05, 0.1) is 16.9 Å². The van der Waals surface area contributed by atoms with Crippen LogP contribution in [0.1, 0.15) is 13.3 Å². The minimum atomic E-state index is -0.689. The van der Waals surface area contributed by atoms with Crippen LogP contribution in [-0.2, 0) is 0 Å². The summed E-state index contributed by atoms with van der Waals surface area (Å²) >= 11 is 5.87. The third kappa shape index (κ3) is 3.33. The fourth-order valence-electron chi connectivity index (χ4n) is 1.51. The van der Waals surface area contributed by atoms with Crippen molar-refractivity contribution in [3.63, 3.8) is 0 Å². The Kier molecular flexibility index (Phi) is 4.68. The predicted octanol–water partition coefficient (Wildman–Crippen LogP) is 3.97. The van der Waals surface area contributed by atoms with E-state index in [0.29, 0.717) is 6.54 Å². The quantitative estimate of drug-likeness (QED) is 0.877. The highest BCUT2D eigenvalue weighted by atomic mass is 35.5. The average Bonchev–Trinajstić information content (AvgIpc) is 2.43. The molecule has 0 aliphatic carbocycles. The first-order chi connectivity index (χ1) is 9.61. The first kappa shape index (κ1) is 14.5. The van der Waals surface area contributed by atoms with Crippen LogP contribution >= 0.6 is 11.6 Å². The predicted molar refractivity (Wildman–Crippen MR) is 75.5 cm³/mol. The molecule has 1 aromatic carbocycles. The van der Waals surface area contributed by atoms with Crippen LogP contribution < -0.4 is 10.6 Å². The first-order valence-electron chi connectivity index (χ1n) is 6.09. The monoisotopic (exact) mass is 298 g/mol. The summed E-state index contributed by atoms with van der Waals surface area (Å²) in [6.07, 6.45) is 1.89. The Morgan fingerprint density at radius 3 is 2.75 bits per heavy atom. The van der Waals surface area contributed by atoms with Gasteiger partial charge in [0.15, 0.2) is 11.6 Å². The number of benzene rings is 1. The molecule has 106 valence electrons. The van der Waals surface area contributed by atoms with Gasteiger partial charge in [0.2, 0.25) is 5.95 Å². The molecule has 0 bridgehead atoms. The van der Waals surface area contributed by atoms with Gasteiger partial charge in [-0.15, -0.1) is 0 Å². The summed E-state index contributed by atoms with van der Waals surface area (Å²) in [5.41, 5.74) is -0.0202. The highest BCUT2D eigenvalue weighted by molar-refractivity contribution is 6.33. The number of rotatable bonds is 5. The van der Waals surface area contributed by atoms with E-state index in [1.54, 1.807) is 0 Å². The van der Waals surface area contributed by atoms with E-state index >= 15 is 0 Å². The number of anilines is 3. The zero-order valence-electron chi connectivity index (χ0n) is 10.8. The van der Waals surface area contributed by atoms with Crippen molar-refractivity contribution in [2.45, 2.75) is 13.3 Å². The molecule has 0 amide bonds. The molecule has 0 spiro atoms. The fraction of sp³-hybridized carbons (Fsp3) is 0.231. The summed E-state index contributed by atoms with van der Waals surface area (Å²) in [5, 5.41) is 5.62. The van der Waals surface area contributed by atoms with Crippen LogP contribution in [0.15, 0.2) is 24.4 Å². The van der Waals surface area contributed by atoms with Crippen LogP contribution in [-0.4, -0.2) is 16.5 Å². The van der Waals surface area contributed by atoms with Gasteiger partial charge in [0.1, 0.15) is 5.82 Å². The van der Waals surface area contributed by atoms with Gasteiger partial charge < -0.3 is 10.6 Å². The van der Waals surface area contributed by atoms with Crippen LogP contribution in [0.5, 0.6) is 0 Å². The average molecular weight is 299 g/mol. The van der Waals surface area contributed by atoms with Crippen molar-refractivity contribution < 1.29 is 8.78 Å². The van der Waals surface area contributed by atoms with E-state index in [2.05, 4.69) is 20.6 Å². The molecule has 2 rings (SSSR count). The maximum Gasteiger partial charge on any atom is 0.224 e. The molecular formula is C13H13ClF2N4. The Labute approximate surface area is 120 Å². The molecule has 0 saturated heterocycles. The van der Waals surface area contributed by atoms with Crippen molar-refractivity contribution in [3.05, 3.63) is 41.1 Å². The van der Waals surface area contributed by atoms with E-state index in [9.17, 15) is 8.78 Å². The third-order valence-corrected chi connectivity index (χ3v) is 2.80. The van der Waals surface area contributed by atoms with Crippen molar-refractivity contribution in [2.24, 2.45) is 0 Å². The maximum atomic E-state index is 13.7. The Morgan fingerprint density at radius 2 is 2.05 bits per heavy atom. The lowest BCUT2D eigenvalue weighted by atomic mass is 10.3. The maximum absolute atomic E-state index is 13.7. The Morgan fingerprint density at radius 1 is 1.25 bits per heavy atom. The molecule has 2 N–H and O–H groups in total. The van der Waals surface area contributed by atoms with Crippen LogP contribution in [0, 0.1) is 11.6 Å². The normalized spacial score (nSPS) is 10.4. The molecule has 1 heterocycles. The second-order valence-electron chi connectivity index (χ2n) is 4.04. The number of para-hydroxylation sites is 1. The van der Waals surface area contributed by atoms with Gasteiger partial charge in [0, 0.05) is 6.54 Å². The molecule has 0 unspecified atom stereocenters. The number of nitrogens with one attached hydrogen (secondary N) is 2. The number of hydrogen-bond acceptors (Lipinski definition) is 4. The second kappa shape index (κ2) is 6.47. The van der Waals surface area contributed by atoms with E-state index in [0.717, 1.165) is 12.6 Å². The molecule has 0 aliphatic rings. The first-order valence-corrected chi connectivity index (χ1v) is 6.47. The molecule has 0 saturated carbocycles. The molecule has 0 atom stereocenters. The molecule has 0 aliphatic heterocycles. The van der Waals surface area contributed by atoms with Crippen LogP contribution in [0.25, 0.3) is 0 Å². The van der Waals surface area contributed by atoms with Gasteiger partial charge in [0.25, 0.3) is 0 Å². The van der Waals surface area contributed by atoms with Gasteiger partial charge in [-0.05, 0) is 18.6 Å². The SMILES string of the molecule is CCCNc1ncc(F)c(Nc2c(F)cccc2Cl)n1. The molecule has 1 aromatic heterocycles. The molecule has 4 nitrogen and oxygen atoms in total. The van der Waals surface area contributed by atoms with Crippen molar-refractivity contribution >= 4 is 29.1 Å². The third-order valence-electron chi connectivity index (χ3n) is 2.48. The number of hydrogen-bond donors (Lipinski definition) is 2. The molecule has 0 radical (unpaired) electrons. The summed E-state index contributed by atoms with van der Waals surface area (Å²) in [6.45, 7) is 2.64. The topological polar surface area (TPSA) is 49.8 Å². The van der Waals surface area contributed by atoms with Gasteiger partial charge in [-0.1, -0.05) is 24.6 Å². The summed E-state index contributed by atoms with van der Waals surface area (Å²) < 4.78 is 27.3. The summed E-state index contributed by atoms with van der Waals surface area (Å²) in [4.78, 5) is 7.75. The lowest BCUT2D eigenvalue weighted by molar-refractivity contribution is 0.616. The molecule has 20 heavy (non-hydrogen) atoms. The van der Waals surface area contributed by atoms with Crippen LogP contribution in [0.3, 0.4) is 0 Å². The number of nitrogens with zero attached hydrogens (tertiary/aromatic N) is 2. The molecule has 0 fully saturated rings. The summed E-state index contributed by atoms with van der Waals surface area (Å²) in [6, 6.07) is 4.19. The molecular weight excluding hydrogens is 286 g/mol. The lowest BCUT2D eigenvalue weighted by Gasteiger charge is -2.10. The highest BCUT2D eigenvalue weighted by Gasteiger charge is 2.12. The van der Waals surface area contributed by atoms with E-state index in [1.807, 2.05) is 6.92 Å². The minimum absolute atomic E-state index is 0.0202. The fourth-order valence-corrected chi connectivity index (χ4v) is 1.72. The van der Waals surface area contributed by atoms with Crippen molar-refractivity contribution in [1.82, 2.24) is 9.97 Å². The van der Waals surface area contributed by atoms with E-state index in [4.69, 9.17) is 11.6 Å². The lowest BCUT2D eigenvalue weighted by Crippen LogP contribution is -2.07. The minimum Gasteiger partial charge on any atom is -0.354 e. The molecule has 2 aromatic rings. The van der Waals surface area contributed by atoms with E-state index in [1.165, 1.54) is 18.2 Å². The summed E-state index contributed by atoms with van der Waals surface area (Å²) in [5.74, 6) is -1.14.